The largest absolute Gasteiger partial charge is 0.384 e. The highest BCUT2D eigenvalue weighted by molar-refractivity contribution is 6.30. The molecule has 2 heterocycles. The number of likely N-dealkylation sites (tertiary alicyclic amines) is 2. The molecule has 0 radical (unpaired) electrons. The van der Waals surface area contributed by atoms with Crippen LogP contribution >= 0.6 is 23.2 Å². The lowest BCUT2D eigenvalue weighted by atomic mass is 9.66. The van der Waals surface area contributed by atoms with E-state index in [4.69, 9.17) is 23.2 Å². The van der Waals surface area contributed by atoms with E-state index in [9.17, 15) is 29.4 Å². The minimum Gasteiger partial charge on any atom is -0.384 e. The van der Waals surface area contributed by atoms with Gasteiger partial charge in [-0.1, -0.05) is 115 Å². The number of hydrogen-bond acceptors (Lipinski definition) is 6. The molecule has 320 valence electrons. The van der Waals surface area contributed by atoms with Crippen molar-refractivity contribution in [2.75, 3.05) is 26.2 Å². The summed E-state index contributed by atoms with van der Waals surface area (Å²) in [6.07, 6.45) is 0.637. The molecule has 5 rings (SSSR count). The summed E-state index contributed by atoms with van der Waals surface area (Å²) in [5.41, 5.74) is -2.56. The van der Waals surface area contributed by atoms with Gasteiger partial charge in [0.15, 0.2) is 0 Å². The lowest BCUT2D eigenvalue weighted by Gasteiger charge is -2.51. The maximum atomic E-state index is 14.1. The number of piperidine rings is 2. The SMILES string of the molecule is CC(C)C(NC(=O)c1cccc(C(C)(C)C(=O)NC(C(=O)N2CCC(O)(c3ccc(Cl)cc3)C(C)(C)C2)C(C)C)c1)C(=O)N1CCC(O)(c2ccc(Cl)cc2)C(C)(C)C1. The van der Waals surface area contributed by atoms with E-state index >= 15 is 0 Å². The predicted molar refractivity (Wildman–Crippen MR) is 233 cm³/mol. The van der Waals surface area contributed by atoms with Crippen LogP contribution in [0, 0.1) is 22.7 Å². The Labute approximate surface area is 360 Å². The third-order valence-corrected chi connectivity index (χ3v) is 13.5. The van der Waals surface area contributed by atoms with Gasteiger partial charge in [-0.05, 0) is 91.6 Å². The number of carbonyl (C=O) groups is 4. The van der Waals surface area contributed by atoms with Crippen LogP contribution in [0.15, 0.2) is 72.8 Å². The molecule has 0 aromatic heterocycles. The van der Waals surface area contributed by atoms with E-state index in [1.165, 1.54) is 0 Å². The van der Waals surface area contributed by atoms with Crippen molar-refractivity contribution >= 4 is 46.8 Å². The number of rotatable bonds is 11. The number of nitrogens with zero attached hydrogens (tertiary/aromatic N) is 2. The van der Waals surface area contributed by atoms with Gasteiger partial charge in [-0.3, -0.25) is 19.2 Å². The fourth-order valence-corrected chi connectivity index (χ4v) is 8.94. The molecule has 3 aromatic rings. The van der Waals surface area contributed by atoms with Crippen LogP contribution in [0.2, 0.25) is 10.0 Å². The van der Waals surface area contributed by atoms with Crippen LogP contribution in [0.5, 0.6) is 0 Å². The molecule has 12 heteroatoms. The van der Waals surface area contributed by atoms with Gasteiger partial charge in [-0.2, -0.15) is 0 Å². The Bertz CT molecular complexity index is 2030. The molecule has 10 nitrogen and oxygen atoms in total. The van der Waals surface area contributed by atoms with Crippen LogP contribution in [0.4, 0.5) is 0 Å². The van der Waals surface area contributed by atoms with Gasteiger partial charge in [0.2, 0.25) is 17.7 Å². The highest BCUT2D eigenvalue weighted by Gasteiger charge is 2.52. The zero-order valence-corrected chi connectivity index (χ0v) is 37.7. The van der Waals surface area contributed by atoms with Gasteiger partial charge in [0.25, 0.3) is 5.91 Å². The van der Waals surface area contributed by atoms with E-state index in [0.29, 0.717) is 41.5 Å². The zero-order valence-electron chi connectivity index (χ0n) is 36.2. The molecule has 4 N–H and O–H groups in total. The van der Waals surface area contributed by atoms with Crippen molar-refractivity contribution in [2.24, 2.45) is 22.7 Å². The molecular formula is C47H62Cl2N4O6. The quantitative estimate of drug-likeness (QED) is 0.158. The van der Waals surface area contributed by atoms with Crippen LogP contribution in [-0.4, -0.2) is 81.9 Å². The number of hydrogen-bond donors (Lipinski definition) is 4. The maximum Gasteiger partial charge on any atom is 0.251 e. The molecule has 2 fully saturated rings. The third kappa shape index (κ3) is 9.21. The Morgan fingerprint density at radius 1 is 0.661 bits per heavy atom. The van der Waals surface area contributed by atoms with Gasteiger partial charge in [0, 0.05) is 52.6 Å². The fourth-order valence-electron chi connectivity index (χ4n) is 8.69. The van der Waals surface area contributed by atoms with Gasteiger partial charge in [0.1, 0.15) is 12.1 Å². The van der Waals surface area contributed by atoms with Crippen molar-refractivity contribution in [2.45, 2.75) is 111 Å². The van der Waals surface area contributed by atoms with E-state index in [1.807, 2.05) is 79.7 Å². The molecule has 0 spiro atoms. The van der Waals surface area contributed by atoms with Crippen LogP contribution < -0.4 is 10.6 Å². The Balaban J connectivity index is 1.26. The summed E-state index contributed by atoms with van der Waals surface area (Å²) in [5, 5.41) is 30.9. The molecule has 0 bridgehead atoms. The van der Waals surface area contributed by atoms with Gasteiger partial charge in [-0.25, -0.2) is 0 Å². The number of halogens is 2. The van der Waals surface area contributed by atoms with Crippen molar-refractivity contribution in [3.63, 3.8) is 0 Å². The molecule has 59 heavy (non-hydrogen) atoms. The Kier molecular flexibility index (Phi) is 13.4. The first kappa shape index (κ1) is 46.1. The normalized spacial score (nSPS) is 22.8. The Morgan fingerprint density at radius 3 is 1.46 bits per heavy atom. The van der Waals surface area contributed by atoms with Gasteiger partial charge in [-0.15, -0.1) is 0 Å². The van der Waals surface area contributed by atoms with Crippen LogP contribution in [0.25, 0.3) is 0 Å². The summed E-state index contributed by atoms with van der Waals surface area (Å²) in [6.45, 7) is 20.0. The summed E-state index contributed by atoms with van der Waals surface area (Å²) >= 11 is 12.2. The van der Waals surface area contributed by atoms with E-state index in [1.54, 1.807) is 72.2 Å². The van der Waals surface area contributed by atoms with E-state index in [2.05, 4.69) is 10.6 Å². The molecule has 2 aliphatic rings. The van der Waals surface area contributed by atoms with Crippen LogP contribution in [0.1, 0.15) is 109 Å². The first-order valence-electron chi connectivity index (χ1n) is 20.6. The van der Waals surface area contributed by atoms with Crippen molar-refractivity contribution < 1.29 is 29.4 Å². The van der Waals surface area contributed by atoms with Gasteiger partial charge in [0.05, 0.1) is 16.6 Å². The second-order valence-corrected chi connectivity index (χ2v) is 20.0. The van der Waals surface area contributed by atoms with E-state index in [0.717, 1.165) is 11.1 Å². The number of carbonyl (C=O) groups excluding carboxylic acids is 4. The molecule has 0 saturated carbocycles. The highest BCUT2D eigenvalue weighted by Crippen LogP contribution is 2.47. The van der Waals surface area contributed by atoms with Gasteiger partial charge >= 0.3 is 0 Å². The number of nitrogens with one attached hydrogen (secondary N) is 2. The topological polar surface area (TPSA) is 139 Å². The highest BCUT2D eigenvalue weighted by atomic mass is 35.5. The van der Waals surface area contributed by atoms with Crippen molar-refractivity contribution in [3.05, 3.63) is 105 Å². The molecule has 4 unspecified atom stereocenters. The number of benzene rings is 3. The molecule has 4 atom stereocenters. The Morgan fingerprint density at radius 2 is 1.07 bits per heavy atom. The summed E-state index contributed by atoms with van der Waals surface area (Å²) in [6, 6.07) is 19.4. The van der Waals surface area contributed by atoms with Crippen molar-refractivity contribution in [1.29, 1.82) is 0 Å². The van der Waals surface area contributed by atoms with Crippen LogP contribution in [-0.2, 0) is 31.0 Å². The number of amides is 4. The first-order valence-corrected chi connectivity index (χ1v) is 21.4. The molecule has 4 amide bonds. The van der Waals surface area contributed by atoms with Crippen molar-refractivity contribution in [3.8, 4) is 0 Å². The first-order chi connectivity index (χ1) is 27.3. The number of aliphatic hydroxyl groups is 2. The smallest absolute Gasteiger partial charge is 0.251 e. The molecule has 0 aliphatic carbocycles. The minimum atomic E-state index is -1.18. The fraction of sp³-hybridized carbons (Fsp3) is 0.532. The molecular weight excluding hydrogens is 787 g/mol. The summed E-state index contributed by atoms with van der Waals surface area (Å²) < 4.78 is 0. The van der Waals surface area contributed by atoms with Gasteiger partial charge < -0.3 is 30.6 Å². The lowest BCUT2D eigenvalue weighted by Crippen LogP contribution is -2.61. The average molecular weight is 850 g/mol. The Hall–Kier alpha value is -3.96. The lowest BCUT2D eigenvalue weighted by molar-refractivity contribution is -0.157. The molecule has 2 saturated heterocycles. The molecule has 3 aromatic carbocycles. The predicted octanol–water partition coefficient (Wildman–Crippen LogP) is 7.46. The van der Waals surface area contributed by atoms with Crippen molar-refractivity contribution in [1.82, 2.24) is 20.4 Å². The zero-order chi connectivity index (χ0) is 43.9. The minimum absolute atomic E-state index is 0.223. The standard InChI is InChI=1S/C47H62Cl2N4O6/c1-29(2)37(40(55)52-24-22-46(58,43(5,6)27-52)32-14-18-35(48)19-15-32)50-39(54)31-12-11-13-34(26-31)45(9,10)42(57)51-38(30(3)4)41(56)53-25-23-47(59,44(7,8)28-53)33-16-20-36(49)21-17-33/h11-21,26,29-30,37-38,58-59H,22-25,27-28H2,1-10H3,(H,50,54)(H,51,57). The van der Waals surface area contributed by atoms with E-state index in [-0.39, 0.29) is 48.2 Å². The van der Waals surface area contributed by atoms with E-state index < -0.39 is 45.4 Å². The summed E-state index contributed by atoms with van der Waals surface area (Å²) in [4.78, 5) is 59.7. The monoisotopic (exact) mass is 848 g/mol. The second-order valence-electron chi connectivity index (χ2n) is 19.1. The molecule has 2 aliphatic heterocycles. The van der Waals surface area contributed by atoms with Crippen LogP contribution in [0.3, 0.4) is 0 Å². The summed E-state index contributed by atoms with van der Waals surface area (Å²) in [5.74, 6) is -1.75. The average Bonchev–Trinajstić information content (AvgIpc) is 3.17. The summed E-state index contributed by atoms with van der Waals surface area (Å²) in [7, 11) is 0. The second kappa shape index (κ2) is 17.2. The maximum absolute atomic E-state index is 14.1. The third-order valence-electron chi connectivity index (χ3n) is 13.0.